The summed E-state index contributed by atoms with van der Waals surface area (Å²) < 4.78 is 32.0. The Labute approximate surface area is 132 Å². The molecule has 8 heteroatoms. The van der Waals surface area contributed by atoms with Crippen molar-refractivity contribution < 1.29 is 13.2 Å². The van der Waals surface area contributed by atoms with E-state index in [0.29, 0.717) is 0 Å². The largest absolute Gasteiger partial charge is 0.495 e. The average molecular weight is 347 g/mol. The van der Waals surface area contributed by atoms with E-state index in [1.54, 1.807) is 24.5 Å². The van der Waals surface area contributed by atoms with E-state index >= 15 is 0 Å². The van der Waals surface area contributed by atoms with Gasteiger partial charge in [0.15, 0.2) is 0 Å². The van der Waals surface area contributed by atoms with Gasteiger partial charge in [-0.2, -0.15) is 0 Å². The van der Waals surface area contributed by atoms with Crippen LogP contribution in [0.3, 0.4) is 0 Å². The van der Waals surface area contributed by atoms with Gasteiger partial charge in [0.1, 0.15) is 10.6 Å². The first-order valence-electron chi connectivity index (χ1n) is 5.85. The Morgan fingerprint density at radius 3 is 2.67 bits per heavy atom. The summed E-state index contributed by atoms with van der Waals surface area (Å²) in [6, 6.07) is 6.11. The number of halogens is 2. The maximum absolute atomic E-state index is 12.3. The molecular weight excluding hydrogens is 335 g/mol. The van der Waals surface area contributed by atoms with Gasteiger partial charge in [-0.25, -0.2) is 13.1 Å². The van der Waals surface area contributed by atoms with E-state index in [1.165, 1.54) is 19.2 Å². The Balaban J connectivity index is 2.27. The van der Waals surface area contributed by atoms with Crippen LogP contribution in [-0.4, -0.2) is 20.5 Å². The number of ether oxygens (including phenoxy) is 1. The molecule has 0 aliphatic carbocycles. The van der Waals surface area contributed by atoms with Gasteiger partial charge in [-0.15, -0.1) is 0 Å². The third-order valence-electron chi connectivity index (χ3n) is 2.68. The van der Waals surface area contributed by atoms with Crippen molar-refractivity contribution in [1.82, 2.24) is 9.71 Å². The topological polar surface area (TPSA) is 68.3 Å². The number of pyridine rings is 1. The van der Waals surface area contributed by atoms with Crippen molar-refractivity contribution in [2.45, 2.75) is 11.4 Å². The zero-order valence-electron chi connectivity index (χ0n) is 11.0. The molecule has 0 unspecified atom stereocenters. The molecule has 2 aromatic rings. The lowest BCUT2D eigenvalue weighted by atomic mass is 10.3. The van der Waals surface area contributed by atoms with Gasteiger partial charge in [0.25, 0.3) is 0 Å². The monoisotopic (exact) mass is 346 g/mol. The second-order valence-electron chi connectivity index (χ2n) is 4.10. The summed E-state index contributed by atoms with van der Waals surface area (Å²) in [6.45, 7) is 0.109. The number of benzene rings is 1. The Hall–Kier alpha value is -1.34. The molecule has 1 N–H and O–H groups in total. The minimum absolute atomic E-state index is 0.0273. The normalized spacial score (nSPS) is 11.4. The number of aromatic nitrogens is 1. The molecule has 5 nitrogen and oxygen atoms in total. The Kier molecular flexibility index (Phi) is 5.05. The molecule has 0 aliphatic rings. The number of sulfonamides is 1. The molecule has 1 heterocycles. The lowest BCUT2D eigenvalue weighted by Gasteiger charge is -2.11. The predicted octanol–water partition coefficient (Wildman–Crippen LogP) is 2.88. The van der Waals surface area contributed by atoms with Crippen LogP contribution in [0.1, 0.15) is 5.56 Å². The van der Waals surface area contributed by atoms with Crippen LogP contribution in [0.5, 0.6) is 5.75 Å². The first-order valence-corrected chi connectivity index (χ1v) is 8.09. The molecule has 1 aromatic carbocycles. The van der Waals surface area contributed by atoms with E-state index in [-0.39, 0.29) is 27.2 Å². The third-order valence-corrected chi connectivity index (χ3v) is 4.85. The summed E-state index contributed by atoms with van der Waals surface area (Å²) in [5.41, 5.74) is 0.734. The highest BCUT2D eigenvalue weighted by Gasteiger charge is 2.20. The lowest BCUT2D eigenvalue weighted by molar-refractivity contribution is 0.413. The van der Waals surface area contributed by atoms with Crippen LogP contribution < -0.4 is 9.46 Å². The van der Waals surface area contributed by atoms with Crippen molar-refractivity contribution in [2.75, 3.05) is 7.11 Å². The molecule has 0 radical (unpaired) electrons. The van der Waals surface area contributed by atoms with Crippen LogP contribution >= 0.6 is 23.2 Å². The van der Waals surface area contributed by atoms with Gasteiger partial charge in [0, 0.05) is 25.0 Å². The SMILES string of the molecule is COc1cc(S(=O)(=O)NCc2cccnc2)c(Cl)cc1Cl. The highest BCUT2D eigenvalue weighted by atomic mass is 35.5. The van der Waals surface area contributed by atoms with Crippen molar-refractivity contribution in [3.63, 3.8) is 0 Å². The second kappa shape index (κ2) is 6.62. The van der Waals surface area contributed by atoms with E-state index in [1.807, 2.05) is 0 Å². The summed E-state index contributed by atoms with van der Waals surface area (Å²) in [5.74, 6) is 0.239. The molecular formula is C13H12Cl2N2O3S. The van der Waals surface area contributed by atoms with Gasteiger partial charge < -0.3 is 4.74 Å². The van der Waals surface area contributed by atoms with Gasteiger partial charge in [0.2, 0.25) is 10.0 Å². The summed E-state index contributed by atoms with van der Waals surface area (Å²) >= 11 is 11.8. The summed E-state index contributed by atoms with van der Waals surface area (Å²) in [7, 11) is -2.39. The van der Waals surface area contributed by atoms with Crippen LogP contribution in [0.15, 0.2) is 41.6 Å². The van der Waals surface area contributed by atoms with Gasteiger partial charge in [-0.1, -0.05) is 29.3 Å². The van der Waals surface area contributed by atoms with E-state index in [0.717, 1.165) is 5.56 Å². The molecule has 0 bridgehead atoms. The van der Waals surface area contributed by atoms with Gasteiger partial charge in [-0.05, 0) is 17.7 Å². The summed E-state index contributed by atoms with van der Waals surface area (Å²) in [5, 5.41) is 0.271. The Morgan fingerprint density at radius 1 is 1.29 bits per heavy atom. The number of rotatable bonds is 5. The molecule has 0 saturated heterocycles. The summed E-state index contributed by atoms with van der Waals surface area (Å²) in [4.78, 5) is 3.83. The predicted molar refractivity (Wildman–Crippen MR) is 81.3 cm³/mol. The number of hydrogen-bond acceptors (Lipinski definition) is 4. The highest BCUT2D eigenvalue weighted by Crippen LogP contribution is 2.33. The van der Waals surface area contributed by atoms with Gasteiger partial charge >= 0.3 is 0 Å². The molecule has 0 amide bonds. The lowest BCUT2D eigenvalue weighted by Crippen LogP contribution is -2.23. The second-order valence-corrected chi connectivity index (χ2v) is 6.65. The van der Waals surface area contributed by atoms with Crippen molar-refractivity contribution in [3.05, 3.63) is 52.3 Å². The van der Waals surface area contributed by atoms with Crippen LogP contribution in [0.25, 0.3) is 0 Å². The molecule has 0 aliphatic heterocycles. The van der Waals surface area contributed by atoms with Crippen LogP contribution in [0.4, 0.5) is 0 Å². The Bertz CT molecular complexity index is 737. The van der Waals surface area contributed by atoms with E-state index in [2.05, 4.69) is 9.71 Å². The minimum atomic E-state index is -3.79. The van der Waals surface area contributed by atoms with Crippen molar-refractivity contribution in [3.8, 4) is 5.75 Å². The molecule has 0 fully saturated rings. The van der Waals surface area contributed by atoms with E-state index in [9.17, 15) is 8.42 Å². The number of nitrogens with zero attached hydrogens (tertiary/aromatic N) is 1. The number of methoxy groups -OCH3 is 1. The van der Waals surface area contributed by atoms with Crippen LogP contribution in [-0.2, 0) is 16.6 Å². The summed E-state index contributed by atoms with van der Waals surface area (Å²) in [6.07, 6.45) is 3.19. The smallest absolute Gasteiger partial charge is 0.242 e. The quantitative estimate of drug-likeness (QED) is 0.903. The highest BCUT2D eigenvalue weighted by molar-refractivity contribution is 7.89. The maximum atomic E-state index is 12.3. The van der Waals surface area contributed by atoms with Crippen molar-refractivity contribution in [2.24, 2.45) is 0 Å². The fourth-order valence-electron chi connectivity index (χ4n) is 1.63. The third kappa shape index (κ3) is 3.85. The molecule has 0 spiro atoms. The molecule has 0 saturated carbocycles. The molecule has 1 aromatic heterocycles. The van der Waals surface area contributed by atoms with Crippen LogP contribution in [0.2, 0.25) is 10.0 Å². The Morgan fingerprint density at radius 2 is 2.05 bits per heavy atom. The maximum Gasteiger partial charge on any atom is 0.242 e. The van der Waals surface area contributed by atoms with Gasteiger partial charge in [0.05, 0.1) is 17.2 Å². The van der Waals surface area contributed by atoms with Crippen LogP contribution in [0, 0.1) is 0 Å². The number of nitrogens with one attached hydrogen (secondary N) is 1. The van der Waals surface area contributed by atoms with Crippen molar-refractivity contribution >= 4 is 33.2 Å². The fourth-order valence-corrected chi connectivity index (χ4v) is 3.49. The van der Waals surface area contributed by atoms with E-state index < -0.39 is 10.0 Å². The fraction of sp³-hybridized carbons (Fsp3) is 0.154. The molecule has 0 atom stereocenters. The number of hydrogen-bond donors (Lipinski definition) is 1. The van der Waals surface area contributed by atoms with E-state index in [4.69, 9.17) is 27.9 Å². The molecule has 112 valence electrons. The first kappa shape index (κ1) is 16.0. The van der Waals surface area contributed by atoms with Gasteiger partial charge in [-0.3, -0.25) is 4.98 Å². The minimum Gasteiger partial charge on any atom is -0.495 e. The zero-order valence-corrected chi connectivity index (χ0v) is 13.3. The first-order chi connectivity index (χ1) is 9.94. The standard InChI is InChI=1S/C13H12Cl2N2O3S/c1-20-12-6-13(11(15)5-10(12)14)21(18,19)17-8-9-3-2-4-16-7-9/h2-7,17H,8H2,1H3. The average Bonchev–Trinajstić information content (AvgIpc) is 2.46. The molecule has 21 heavy (non-hydrogen) atoms. The molecule has 2 rings (SSSR count). The zero-order chi connectivity index (χ0) is 15.5. The van der Waals surface area contributed by atoms with Crippen molar-refractivity contribution in [1.29, 1.82) is 0 Å².